The van der Waals surface area contributed by atoms with E-state index >= 15 is 0 Å². The normalized spacial score (nSPS) is 13.5. The minimum absolute atomic E-state index is 0.467. The number of fused-ring (bicyclic) bond motifs is 2. The molecule has 1 aliphatic carbocycles. The second-order valence-corrected chi connectivity index (χ2v) is 8.16. The first-order chi connectivity index (χ1) is 16.3. The van der Waals surface area contributed by atoms with E-state index in [1.807, 2.05) is 48.5 Å². The highest BCUT2D eigenvalue weighted by Gasteiger charge is 2.45. The van der Waals surface area contributed by atoms with Gasteiger partial charge < -0.3 is 10.2 Å². The Kier molecular flexibility index (Phi) is 4.79. The molecule has 8 heteroatoms. The highest BCUT2D eigenvalue weighted by Crippen LogP contribution is 2.52. The number of rotatable bonds is 4. The van der Waals surface area contributed by atoms with Crippen molar-refractivity contribution in [2.45, 2.75) is 11.8 Å². The number of phenols is 2. The molecule has 0 unspecified atom stereocenters. The predicted octanol–water partition coefficient (Wildman–Crippen LogP) is 5.20. The van der Waals surface area contributed by atoms with Crippen LogP contribution in [-0.4, -0.2) is 20.1 Å². The summed E-state index contributed by atoms with van der Waals surface area (Å²) >= 11 is 0. The van der Waals surface area contributed by atoms with Gasteiger partial charge in [-0.05, 0) is 51.9 Å². The fourth-order valence-electron chi connectivity index (χ4n) is 5.03. The summed E-state index contributed by atoms with van der Waals surface area (Å²) in [4.78, 5) is 22.1. The van der Waals surface area contributed by atoms with Gasteiger partial charge in [-0.3, -0.25) is 20.2 Å². The third-order valence-corrected chi connectivity index (χ3v) is 6.43. The number of hydrogen-bond acceptors (Lipinski definition) is 6. The Bertz CT molecular complexity index is 1370. The Labute approximate surface area is 193 Å². The molecular formula is C26H18N2O6. The molecule has 0 aromatic heterocycles. The molecule has 0 heterocycles. The second kappa shape index (κ2) is 7.70. The maximum Gasteiger partial charge on any atom is 0.311 e. The van der Waals surface area contributed by atoms with Crippen LogP contribution in [0, 0.1) is 20.2 Å². The number of phenolic OH excluding ortho intramolecular Hbond substituents is 2. The lowest BCUT2D eigenvalue weighted by molar-refractivity contribution is -0.386. The second-order valence-electron chi connectivity index (χ2n) is 8.16. The Morgan fingerprint density at radius 2 is 1.06 bits per heavy atom. The number of nitrogens with zero attached hydrogens (tertiary/aromatic N) is 2. The van der Waals surface area contributed by atoms with Crippen molar-refractivity contribution in [1.29, 1.82) is 0 Å². The third kappa shape index (κ3) is 3.00. The van der Waals surface area contributed by atoms with Gasteiger partial charge in [0.15, 0.2) is 11.5 Å². The molecule has 34 heavy (non-hydrogen) atoms. The van der Waals surface area contributed by atoms with Crippen molar-refractivity contribution in [3.8, 4) is 11.5 Å². The van der Waals surface area contributed by atoms with E-state index in [0.717, 1.165) is 22.3 Å². The van der Waals surface area contributed by atoms with Crippen molar-refractivity contribution in [2.24, 2.45) is 0 Å². The molecule has 0 saturated carbocycles. The Morgan fingerprint density at radius 1 is 0.647 bits per heavy atom. The van der Waals surface area contributed by atoms with E-state index in [2.05, 4.69) is 0 Å². The first kappa shape index (κ1) is 21.1. The zero-order valence-electron chi connectivity index (χ0n) is 17.7. The van der Waals surface area contributed by atoms with Gasteiger partial charge in [0.2, 0.25) is 0 Å². The van der Waals surface area contributed by atoms with Crippen molar-refractivity contribution in [3.05, 3.63) is 139 Å². The molecule has 1 aliphatic rings. The van der Waals surface area contributed by atoms with Gasteiger partial charge in [0.05, 0.1) is 15.3 Å². The fourth-order valence-corrected chi connectivity index (χ4v) is 5.03. The van der Waals surface area contributed by atoms with Crippen molar-refractivity contribution in [1.82, 2.24) is 0 Å². The SMILES string of the molecule is O=[N+]([O-])c1cc(C2(c3ccc(O)c([N+](=O)[O-])c3)c3ccccc3Cc3ccccc32)ccc1O. The molecule has 8 nitrogen and oxygen atoms in total. The average Bonchev–Trinajstić information content (AvgIpc) is 2.83. The summed E-state index contributed by atoms with van der Waals surface area (Å²) in [5.74, 6) is -0.948. The molecular weight excluding hydrogens is 436 g/mol. The lowest BCUT2D eigenvalue weighted by atomic mass is 9.59. The molecule has 168 valence electrons. The predicted molar refractivity (Wildman–Crippen MR) is 124 cm³/mol. The molecule has 0 atom stereocenters. The maximum absolute atomic E-state index is 11.7. The van der Waals surface area contributed by atoms with E-state index in [-0.39, 0.29) is 0 Å². The molecule has 0 amide bonds. The standard InChI is InChI=1S/C26H18N2O6/c29-24-11-9-18(14-22(24)27(31)32)26(19-10-12-25(30)23(15-19)28(33)34)20-7-3-1-5-16(20)13-17-6-2-4-8-21(17)26/h1-12,14-15,29-30H,13H2. The van der Waals surface area contributed by atoms with Gasteiger partial charge in [-0.1, -0.05) is 60.7 Å². The molecule has 0 bridgehead atoms. The van der Waals surface area contributed by atoms with Crippen molar-refractivity contribution >= 4 is 11.4 Å². The van der Waals surface area contributed by atoms with Crippen LogP contribution in [0.5, 0.6) is 11.5 Å². The van der Waals surface area contributed by atoms with Gasteiger partial charge in [0.25, 0.3) is 0 Å². The van der Waals surface area contributed by atoms with Crippen LogP contribution in [0.3, 0.4) is 0 Å². The average molecular weight is 454 g/mol. The van der Waals surface area contributed by atoms with Gasteiger partial charge in [0.1, 0.15) is 0 Å². The zero-order valence-corrected chi connectivity index (χ0v) is 17.7. The lowest BCUT2D eigenvalue weighted by Crippen LogP contribution is -2.36. The summed E-state index contributed by atoms with van der Waals surface area (Å²) in [6.45, 7) is 0. The highest BCUT2D eigenvalue weighted by molar-refractivity contribution is 5.70. The van der Waals surface area contributed by atoms with E-state index in [9.17, 15) is 30.4 Å². The Balaban J connectivity index is 1.98. The van der Waals surface area contributed by atoms with Crippen LogP contribution in [-0.2, 0) is 11.8 Å². The minimum atomic E-state index is -1.16. The molecule has 4 aromatic rings. The summed E-state index contributed by atoms with van der Waals surface area (Å²) < 4.78 is 0. The number of hydrogen-bond donors (Lipinski definition) is 2. The first-order valence-corrected chi connectivity index (χ1v) is 10.5. The van der Waals surface area contributed by atoms with E-state index in [1.165, 1.54) is 24.3 Å². The van der Waals surface area contributed by atoms with Crippen LogP contribution < -0.4 is 0 Å². The number of benzene rings is 4. The van der Waals surface area contributed by atoms with Gasteiger partial charge in [-0.25, -0.2) is 0 Å². The summed E-state index contributed by atoms with van der Waals surface area (Å²) in [5.41, 5.74) is 2.40. The number of nitro groups is 2. The van der Waals surface area contributed by atoms with Crippen LogP contribution >= 0.6 is 0 Å². The van der Waals surface area contributed by atoms with Crippen LogP contribution in [0.15, 0.2) is 84.9 Å². The number of aromatic hydroxyl groups is 2. The summed E-state index contributed by atoms with van der Waals surface area (Å²) in [7, 11) is 0. The summed E-state index contributed by atoms with van der Waals surface area (Å²) in [5, 5.41) is 43.7. The Morgan fingerprint density at radius 3 is 1.47 bits per heavy atom. The van der Waals surface area contributed by atoms with Crippen LogP contribution in [0.25, 0.3) is 0 Å². The fraction of sp³-hybridized carbons (Fsp3) is 0.0769. The van der Waals surface area contributed by atoms with E-state index in [4.69, 9.17) is 0 Å². The smallest absolute Gasteiger partial charge is 0.311 e. The van der Waals surface area contributed by atoms with Gasteiger partial charge in [-0.15, -0.1) is 0 Å². The maximum atomic E-state index is 11.7. The van der Waals surface area contributed by atoms with Crippen molar-refractivity contribution in [2.75, 3.05) is 0 Å². The van der Waals surface area contributed by atoms with Crippen molar-refractivity contribution in [3.63, 3.8) is 0 Å². The molecule has 5 rings (SSSR count). The third-order valence-electron chi connectivity index (χ3n) is 6.43. The molecule has 2 N–H and O–H groups in total. The minimum Gasteiger partial charge on any atom is -0.502 e. The number of nitro benzene ring substituents is 2. The van der Waals surface area contributed by atoms with Crippen LogP contribution in [0.1, 0.15) is 33.4 Å². The summed E-state index contributed by atoms with van der Waals surface area (Å²) in [6, 6.07) is 23.6. The van der Waals surface area contributed by atoms with Gasteiger partial charge >= 0.3 is 11.4 Å². The van der Waals surface area contributed by atoms with E-state index in [0.29, 0.717) is 17.5 Å². The Hall–Kier alpha value is -4.72. The molecule has 0 aliphatic heterocycles. The molecule has 0 saturated heterocycles. The lowest BCUT2D eigenvalue weighted by Gasteiger charge is -2.42. The largest absolute Gasteiger partial charge is 0.502 e. The monoisotopic (exact) mass is 454 g/mol. The molecule has 0 spiro atoms. The van der Waals surface area contributed by atoms with Crippen molar-refractivity contribution < 1.29 is 20.1 Å². The quantitative estimate of drug-likeness (QED) is 0.284. The summed E-state index contributed by atoms with van der Waals surface area (Å²) in [6.07, 6.45) is 0.619. The van der Waals surface area contributed by atoms with Gasteiger partial charge in [-0.2, -0.15) is 0 Å². The van der Waals surface area contributed by atoms with E-state index in [1.54, 1.807) is 12.1 Å². The molecule has 0 fully saturated rings. The first-order valence-electron chi connectivity index (χ1n) is 10.5. The zero-order chi connectivity index (χ0) is 24.0. The van der Waals surface area contributed by atoms with Gasteiger partial charge in [0, 0.05) is 12.1 Å². The van der Waals surface area contributed by atoms with E-state index < -0.39 is 38.1 Å². The molecule has 4 aromatic carbocycles. The molecule has 0 radical (unpaired) electrons. The topological polar surface area (TPSA) is 127 Å². The van der Waals surface area contributed by atoms with Crippen LogP contribution in [0.2, 0.25) is 0 Å². The highest BCUT2D eigenvalue weighted by atomic mass is 16.6. The van der Waals surface area contributed by atoms with Crippen LogP contribution in [0.4, 0.5) is 11.4 Å².